The van der Waals surface area contributed by atoms with Crippen molar-refractivity contribution in [3.05, 3.63) is 17.5 Å². The van der Waals surface area contributed by atoms with E-state index in [1.165, 1.54) is 30.8 Å². The van der Waals surface area contributed by atoms with Crippen molar-refractivity contribution in [2.24, 2.45) is 13.0 Å². The van der Waals surface area contributed by atoms with Crippen molar-refractivity contribution in [3.8, 4) is 10.7 Å². The second kappa shape index (κ2) is 6.28. The molecule has 0 saturated carbocycles. The second-order valence-electron chi connectivity index (χ2n) is 5.42. The summed E-state index contributed by atoms with van der Waals surface area (Å²) in [6, 6.07) is 4.15. The van der Waals surface area contributed by atoms with Crippen LogP contribution in [0.5, 0.6) is 0 Å². The van der Waals surface area contributed by atoms with Crippen molar-refractivity contribution in [3.63, 3.8) is 0 Å². The minimum absolute atomic E-state index is 0.778. The van der Waals surface area contributed by atoms with E-state index < -0.39 is 0 Å². The molecule has 6 heteroatoms. The fourth-order valence-electron chi connectivity index (χ4n) is 2.66. The smallest absolute Gasteiger partial charge is 0.191 e. The standard InChI is InChI=1S/C14H20N4S2/c1-17-7-3-5-11(9-17)10-20-14-16-15-13(18(14)2)12-6-4-8-19-12/h4,6,8,11H,3,5,7,9-10H2,1-2H3. The summed E-state index contributed by atoms with van der Waals surface area (Å²) in [5, 5.41) is 11.8. The lowest BCUT2D eigenvalue weighted by atomic mass is 10.0. The number of piperidine rings is 1. The maximum Gasteiger partial charge on any atom is 0.191 e. The first-order chi connectivity index (χ1) is 9.74. The molecule has 0 bridgehead atoms. The molecule has 0 aromatic carbocycles. The predicted molar refractivity (Wildman–Crippen MR) is 85.3 cm³/mol. The number of aromatic nitrogens is 3. The van der Waals surface area contributed by atoms with Crippen molar-refractivity contribution in [2.45, 2.75) is 18.0 Å². The molecule has 0 amide bonds. The summed E-state index contributed by atoms with van der Waals surface area (Å²) in [5.74, 6) is 2.89. The Labute approximate surface area is 128 Å². The van der Waals surface area contributed by atoms with Gasteiger partial charge >= 0.3 is 0 Å². The molecular formula is C14H20N4S2. The zero-order valence-corrected chi connectivity index (χ0v) is 13.6. The maximum atomic E-state index is 4.34. The van der Waals surface area contributed by atoms with Gasteiger partial charge in [-0.05, 0) is 43.8 Å². The van der Waals surface area contributed by atoms with E-state index in [1.54, 1.807) is 11.3 Å². The molecule has 108 valence electrons. The minimum atomic E-state index is 0.778. The van der Waals surface area contributed by atoms with E-state index in [0.717, 1.165) is 22.7 Å². The van der Waals surface area contributed by atoms with Gasteiger partial charge in [-0.2, -0.15) is 0 Å². The summed E-state index contributed by atoms with van der Waals surface area (Å²) >= 11 is 3.55. The largest absolute Gasteiger partial charge is 0.306 e. The van der Waals surface area contributed by atoms with Crippen LogP contribution in [0.25, 0.3) is 10.7 Å². The molecule has 1 aliphatic rings. The highest BCUT2D eigenvalue weighted by molar-refractivity contribution is 7.99. The molecule has 2 aromatic rings. The quantitative estimate of drug-likeness (QED) is 0.813. The lowest BCUT2D eigenvalue weighted by Gasteiger charge is -2.29. The van der Waals surface area contributed by atoms with Gasteiger partial charge in [-0.15, -0.1) is 21.5 Å². The molecule has 1 aliphatic heterocycles. The molecule has 3 heterocycles. The first kappa shape index (κ1) is 14.1. The average molecular weight is 308 g/mol. The molecule has 0 spiro atoms. The highest BCUT2D eigenvalue weighted by Gasteiger charge is 2.19. The lowest BCUT2D eigenvalue weighted by Crippen LogP contribution is -2.33. The Morgan fingerprint density at radius 3 is 3.05 bits per heavy atom. The maximum absolute atomic E-state index is 4.34. The molecule has 1 atom stereocenters. The fraction of sp³-hybridized carbons (Fsp3) is 0.571. The Morgan fingerprint density at radius 2 is 2.30 bits per heavy atom. The van der Waals surface area contributed by atoms with Gasteiger partial charge in [0.2, 0.25) is 0 Å². The van der Waals surface area contributed by atoms with Crippen LogP contribution < -0.4 is 0 Å². The monoisotopic (exact) mass is 308 g/mol. The van der Waals surface area contributed by atoms with E-state index in [1.807, 2.05) is 11.8 Å². The van der Waals surface area contributed by atoms with Crippen LogP contribution in [0.15, 0.2) is 22.7 Å². The average Bonchev–Trinajstić information content (AvgIpc) is 3.06. The Kier molecular flexibility index (Phi) is 4.43. The molecule has 0 radical (unpaired) electrons. The molecule has 3 rings (SSSR count). The van der Waals surface area contributed by atoms with Gasteiger partial charge in [0.05, 0.1) is 4.88 Å². The summed E-state index contributed by atoms with van der Waals surface area (Å²) in [7, 11) is 4.28. The van der Waals surface area contributed by atoms with E-state index in [4.69, 9.17) is 0 Å². The predicted octanol–water partition coefficient (Wildman–Crippen LogP) is 2.98. The van der Waals surface area contributed by atoms with Gasteiger partial charge in [0.1, 0.15) is 0 Å². The second-order valence-corrected chi connectivity index (χ2v) is 7.36. The van der Waals surface area contributed by atoms with Gasteiger partial charge < -0.3 is 9.47 Å². The SMILES string of the molecule is CN1CCCC(CSc2nnc(-c3cccs3)n2C)C1. The Bertz CT molecular complexity index is 550. The normalized spacial score (nSPS) is 20.4. The van der Waals surface area contributed by atoms with Crippen LogP contribution in [0, 0.1) is 5.92 Å². The summed E-state index contributed by atoms with van der Waals surface area (Å²) in [5.41, 5.74) is 0. The lowest BCUT2D eigenvalue weighted by molar-refractivity contribution is 0.224. The van der Waals surface area contributed by atoms with Crippen molar-refractivity contribution in [1.82, 2.24) is 19.7 Å². The van der Waals surface area contributed by atoms with E-state index >= 15 is 0 Å². The van der Waals surface area contributed by atoms with E-state index in [0.29, 0.717) is 0 Å². The van der Waals surface area contributed by atoms with Crippen molar-refractivity contribution in [1.29, 1.82) is 0 Å². The molecule has 20 heavy (non-hydrogen) atoms. The number of hydrogen-bond acceptors (Lipinski definition) is 5. The highest BCUT2D eigenvalue weighted by Crippen LogP contribution is 2.28. The topological polar surface area (TPSA) is 34.0 Å². The Morgan fingerprint density at radius 1 is 1.40 bits per heavy atom. The fourth-order valence-corrected chi connectivity index (χ4v) is 4.44. The summed E-state index contributed by atoms with van der Waals surface area (Å²) in [6.45, 7) is 2.45. The van der Waals surface area contributed by atoms with Crippen LogP contribution in [0.1, 0.15) is 12.8 Å². The highest BCUT2D eigenvalue weighted by atomic mass is 32.2. The van der Waals surface area contributed by atoms with Crippen LogP contribution in [0.4, 0.5) is 0 Å². The molecule has 1 unspecified atom stereocenters. The van der Waals surface area contributed by atoms with Gasteiger partial charge in [0.25, 0.3) is 0 Å². The van der Waals surface area contributed by atoms with Gasteiger partial charge in [-0.1, -0.05) is 17.8 Å². The zero-order chi connectivity index (χ0) is 13.9. The molecule has 1 saturated heterocycles. The number of rotatable bonds is 4. The molecule has 0 N–H and O–H groups in total. The molecule has 0 aliphatic carbocycles. The third-order valence-corrected chi connectivity index (χ3v) is 5.86. The van der Waals surface area contributed by atoms with Crippen LogP contribution in [-0.2, 0) is 7.05 Å². The van der Waals surface area contributed by atoms with E-state index in [2.05, 4.69) is 51.3 Å². The van der Waals surface area contributed by atoms with Gasteiger partial charge in [-0.3, -0.25) is 0 Å². The molecule has 2 aromatic heterocycles. The summed E-state index contributed by atoms with van der Waals surface area (Å²) in [6.07, 6.45) is 2.66. The number of hydrogen-bond donors (Lipinski definition) is 0. The van der Waals surface area contributed by atoms with Crippen molar-refractivity contribution < 1.29 is 0 Å². The molecule has 1 fully saturated rings. The number of likely N-dealkylation sites (tertiary alicyclic amines) is 1. The minimum Gasteiger partial charge on any atom is -0.306 e. The van der Waals surface area contributed by atoms with E-state index in [9.17, 15) is 0 Å². The van der Waals surface area contributed by atoms with Crippen molar-refractivity contribution in [2.75, 3.05) is 25.9 Å². The molecule has 4 nitrogen and oxygen atoms in total. The Balaban J connectivity index is 1.63. The van der Waals surface area contributed by atoms with Crippen LogP contribution in [0.3, 0.4) is 0 Å². The summed E-state index contributed by atoms with van der Waals surface area (Å²) < 4.78 is 2.11. The van der Waals surface area contributed by atoms with Gasteiger partial charge in [0.15, 0.2) is 11.0 Å². The summed E-state index contributed by atoms with van der Waals surface area (Å²) in [4.78, 5) is 3.62. The first-order valence-corrected chi connectivity index (χ1v) is 8.85. The number of thiophene rings is 1. The van der Waals surface area contributed by atoms with Gasteiger partial charge in [0, 0.05) is 19.3 Å². The van der Waals surface area contributed by atoms with E-state index in [-0.39, 0.29) is 0 Å². The van der Waals surface area contributed by atoms with Gasteiger partial charge in [-0.25, -0.2) is 0 Å². The molecular weight excluding hydrogens is 288 g/mol. The first-order valence-electron chi connectivity index (χ1n) is 6.98. The van der Waals surface area contributed by atoms with Crippen LogP contribution >= 0.6 is 23.1 Å². The third kappa shape index (κ3) is 3.07. The third-order valence-electron chi connectivity index (χ3n) is 3.75. The van der Waals surface area contributed by atoms with Crippen LogP contribution in [0.2, 0.25) is 0 Å². The number of nitrogens with zero attached hydrogens (tertiary/aromatic N) is 4. The van der Waals surface area contributed by atoms with Crippen molar-refractivity contribution >= 4 is 23.1 Å². The number of thioether (sulfide) groups is 1. The zero-order valence-electron chi connectivity index (χ0n) is 12.0. The van der Waals surface area contributed by atoms with Crippen LogP contribution in [-0.4, -0.2) is 45.6 Å². The Hall–Kier alpha value is -0.850.